The van der Waals surface area contributed by atoms with Gasteiger partial charge in [-0.3, -0.25) is 14.6 Å². The predicted octanol–water partition coefficient (Wildman–Crippen LogP) is 4.54. The summed E-state index contributed by atoms with van der Waals surface area (Å²) in [5, 5.41) is 10.0. The summed E-state index contributed by atoms with van der Waals surface area (Å²) in [6.45, 7) is 0. The van der Waals surface area contributed by atoms with E-state index in [4.69, 9.17) is 0 Å². The van der Waals surface area contributed by atoms with Crippen molar-refractivity contribution in [2.75, 3.05) is 10.0 Å². The van der Waals surface area contributed by atoms with E-state index in [2.05, 4.69) is 25.2 Å². The lowest BCUT2D eigenvalue weighted by molar-refractivity contribution is 0.102. The molecule has 1 fully saturated rings. The molecule has 0 saturated heterocycles. The van der Waals surface area contributed by atoms with Crippen LogP contribution in [0.2, 0.25) is 0 Å². The molecule has 0 aliphatic heterocycles. The smallest absolute Gasteiger partial charge is 0.261 e. The van der Waals surface area contributed by atoms with Gasteiger partial charge in [-0.25, -0.2) is 17.8 Å². The number of H-pyrrole nitrogens is 1. The molecule has 1 amide bonds. The molecule has 1 aromatic heterocycles. The van der Waals surface area contributed by atoms with Crippen molar-refractivity contribution in [2.24, 2.45) is 0 Å². The molecule has 34 heavy (non-hydrogen) atoms. The number of carbonyl (C=O) groups is 1. The Bertz CT molecular complexity index is 1460. The Kier molecular flexibility index (Phi) is 5.58. The maximum atomic E-state index is 13.1. The molecule has 0 atom stereocenters. The Balaban J connectivity index is 1.32. The molecule has 172 valence electrons. The van der Waals surface area contributed by atoms with Crippen molar-refractivity contribution in [1.29, 1.82) is 0 Å². The monoisotopic (exact) mass is 477 g/mol. The fraction of sp³-hybridized carbons (Fsp3) is 0.125. The highest BCUT2D eigenvalue weighted by Crippen LogP contribution is 2.38. The van der Waals surface area contributed by atoms with E-state index in [1.54, 1.807) is 18.2 Å². The number of nitrogens with zero attached hydrogens (tertiary/aromatic N) is 2. The third-order valence-electron chi connectivity index (χ3n) is 5.35. The lowest BCUT2D eigenvalue weighted by Crippen LogP contribution is -2.16. The Morgan fingerprint density at radius 1 is 0.971 bits per heavy atom. The van der Waals surface area contributed by atoms with Gasteiger partial charge in [-0.2, -0.15) is 5.10 Å². The summed E-state index contributed by atoms with van der Waals surface area (Å²) >= 11 is 0. The van der Waals surface area contributed by atoms with Crippen molar-refractivity contribution >= 4 is 27.3 Å². The maximum Gasteiger partial charge on any atom is 0.261 e. The fourth-order valence-corrected chi connectivity index (χ4v) is 4.52. The van der Waals surface area contributed by atoms with Crippen LogP contribution in [-0.4, -0.2) is 29.5 Å². The van der Waals surface area contributed by atoms with E-state index in [-0.39, 0.29) is 16.1 Å². The van der Waals surface area contributed by atoms with Crippen molar-refractivity contribution in [3.63, 3.8) is 0 Å². The second-order valence-corrected chi connectivity index (χ2v) is 9.68. The number of hydrogen-bond donors (Lipinski definition) is 3. The number of aromatic amines is 1. The number of sulfonamides is 1. The normalized spacial score (nSPS) is 13.4. The van der Waals surface area contributed by atoms with E-state index in [1.807, 2.05) is 6.07 Å². The molecule has 1 aliphatic rings. The van der Waals surface area contributed by atoms with Crippen LogP contribution in [0.3, 0.4) is 0 Å². The first-order valence-corrected chi connectivity index (χ1v) is 12.1. The fourth-order valence-electron chi connectivity index (χ4n) is 3.42. The Morgan fingerprint density at radius 2 is 1.74 bits per heavy atom. The highest BCUT2D eigenvalue weighted by atomic mass is 32.2. The third-order valence-corrected chi connectivity index (χ3v) is 6.73. The lowest BCUT2D eigenvalue weighted by Gasteiger charge is -2.10. The minimum Gasteiger partial charge on any atom is -0.322 e. The first-order valence-electron chi connectivity index (χ1n) is 10.6. The number of aromatic nitrogens is 3. The number of halogens is 1. The van der Waals surface area contributed by atoms with Gasteiger partial charge in [0.05, 0.1) is 4.90 Å². The van der Waals surface area contributed by atoms with E-state index >= 15 is 0 Å². The van der Waals surface area contributed by atoms with Gasteiger partial charge in [-0.1, -0.05) is 18.2 Å². The van der Waals surface area contributed by atoms with Crippen molar-refractivity contribution < 1.29 is 17.6 Å². The van der Waals surface area contributed by atoms with Crippen LogP contribution < -0.4 is 10.0 Å². The molecule has 4 aromatic rings. The summed E-state index contributed by atoms with van der Waals surface area (Å²) < 4.78 is 40.9. The van der Waals surface area contributed by atoms with Crippen LogP contribution in [0, 0.1) is 5.82 Å². The first-order chi connectivity index (χ1) is 16.4. The summed E-state index contributed by atoms with van der Waals surface area (Å²) in [6.07, 6.45) is 2.22. The zero-order valence-corrected chi connectivity index (χ0v) is 18.6. The van der Waals surface area contributed by atoms with Gasteiger partial charge in [-0.15, -0.1) is 0 Å². The molecule has 3 N–H and O–H groups in total. The van der Waals surface area contributed by atoms with Crippen molar-refractivity contribution in [2.45, 2.75) is 23.7 Å². The van der Waals surface area contributed by atoms with Crippen LogP contribution in [0.4, 0.5) is 15.8 Å². The Hall–Kier alpha value is -4.05. The average Bonchev–Trinajstić information content (AvgIpc) is 3.57. The molecule has 0 radical (unpaired) electrons. The molecule has 1 aliphatic carbocycles. The average molecular weight is 478 g/mol. The zero-order chi connectivity index (χ0) is 23.7. The van der Waals surface area contributed by atoms with Gasteiger partial charge in [0.2, 0.25) is 0 Å². The van der Waals surface area contributed by atoms with Crippen molar-refractivity contribution in [3.05, 3.63) is 90.0 Å². The molecule has 10 heteroatoms. The highest BCUT2D eigenvalue weighted by molar-refractivity contribution is 7.92. The molecule has 1 saturated carbocycles. The SMILES string of the molecule is O=C(Nc1cccc(-c2n[nH]c(C3CC3)n2)c1)c1cccc(S(=O)(=O)Nc2ccc(F)cc2)c1. The number of carbonyl (C=O) groups excluding carboxylic acids is 1. The van der Waals surface area contributed by atoms with Crippen LogP contribution in [0.25, 0.3) is 11.4 Å². The van der Waals surface area contributed by atoms with Gasteiger partial charge in [-0.05, 0) is 67.4 Å². The Morgan fingerprint density at radius 3 is 2.50 bits per heavy atom. The third kappa shape index (κ3) is 4.81. The predicted molar refractivity (Wildman–Crippen MR) is 125 cm³/mol. The quantitative estimate of drug-likeness (QED) is 0.361. The molecule has 3 aromatic carbocycles. The number of amides is 1. The minimum absolute atomic E-state index is 0.0912. The largest absolute Gasteiger partial charge is 0.322 e. The van der Waals surface area contributed by atoms with Crippen LogP contribution in [-0.2, 0) is 10.0 Å². The molecule has 5 rings (SSSR count). The molecule has 8 nitrogen and oxygen atoms in total. The van der Waals surface area contributed by atoms with Crippen LogP contribution in [0.1, 0.15) is 34.9 Å². The van der Waals surface area contributed by atoms with E-state index in [9.17, 15) is 17.6 Å². The van der Waals surface area contributed by atoms with Gasteiger partial charge in [0, 0.05) is 28.4 Å². The van der Waals surface area contributed by atoms with Crippen LogP contribution in [0.15, 0.2) is 77.7 Å². The molecular weight excluding hydrogens is 457 g/mol. The van der Waals surface area contributed by atoms with Gasteiger partial charge in [0.1, 0.15) is 11.6 Å². The number of hydrogen-bond acceptors (Lipinski definition) is 5. The standard InChI is InChI=1S/C24H20FN5O3S/c25-18-9-11-19(12-10-18)30-34(32,33)21-6-2-4-17(14-21)24(31)26-20-5-1-3-16(13-20)23-27-22(28-29-23)15-7-8-15/h1-6,9-15,30H,7-8H2,(H,26,31)(H,27,28,29). The zero-order valence-electron chi connectivity index (χ0n) is 17.8. The summed E-state index contributed by atoms with van der Waals surface area (Å²) in [5.74, 6) is 0.932. The molecule has 0 bridgehead atoms. The number of rotatable bonds is 7. The van der Waals surface area contributed by atoms with Gasteiger partial charge in [0.25, 0.3) is 15.9 Å². The molecule has 0 unspecified atom stereocenters. The summed E-state index contributed by atoms with van der Waals surface area (Å²) in [6, 6.07) is 17.7. The topological polar surface area (TPSA) is 117 Å². The van der Waals surface area contributed by atoms with E-state index in [0.717, 1.165) is 36.4 Å². The Labute approximate surface area is 195 Å². The van der Waals surface area contributed by atoms with E-state index < -0.39 is 21.7 Å². The van der Waals surface area contributed by atoms with Gasteiger partial charge < -0.3 is 5.32 Å². The van der Waals surface area contributed by atoms with Crippen LogP contribution >= 0.6 is 0 Å². The summed E-state index contributed by atoms with van der Waals surface area (Å²) in [7, 11) is -3.97. The molecular formula is C24H20FN5O3S. The second-order valence-electron chi connectivity index (χ2n) is 7.99. The summed E-state index contributed by atoms with van der Waals surface area (Å²) in [4.78, 5) is 17.3. The maximum absolute atomic E-state index is 13.1. The van der Waals surface area contributed by atoms with E-state index in [1.165, 1.54) is 36.4 Å². The highest BCUT2D eigenvalue weighted by Gasteiger charge is 2.27. The minimum atomic E-state index is -3.97. The van der Waals surface area contributed by atoms with Crippen molar-refractivity contribution in [1.82, 2.24) is 15.2 Å². The number of benzene rings is 3. The summed E-state index contributed by atoms with van der Waals surface area (Å²) in [5.41, 5.74) is 1.66. The van der Waals surface area contributed by atoms with Crippen LogP contribution in [0.5, 0.6) is 0 Å². The second kappa shape index (κ2) is 8.71. The number of anilines is 2. The first kappa shape index (κ1) is 21.8. The number of nitrogens with one attached hydrogen (secondary N) is 3. The molecule has 0 spiro atoms. The molecule has 1 heterocycles. The van der Waals surface area contributed by atoms with Crippen molar-refractivity contribution in [3.8, 4) is 11.4 Å². The van der Waals surface area contributed by atoms with Gasteiger partial charge >= 0.3 is 0 Å². The van der Waals surface area contributed by atoms with Gasteiger partial charge in [0.15, 0.2) is 5.82 Å². The van der Waals surface area contributed by atoms with E-state index in [0.29, 0.717) is 17.4 Å². The lowest BCUT2D eigenvalue weighted by atomic mass is 10.1.